The minimum absolute atomic E-state index is 0.333. The summed E-state index contributed by atoms with van der Waals surface area (Å²) in [5.74, 6) is -0.734. The van der Waals surface area contributed by atoms with Gasteiger partial charge in [-0.1, -0.05) is 19.9 Å². The summed E-state index contributed by atoms with van der Waals surface area (Å²) in [4.78, 5) is 11.3. The number of hydrogen-bond acceptors (Lipinski definition) is 4. The summed E-state index contributed by atoms with van der Waals surface area (Å²) < 4.78 is 17.5. The maximum Gasteiger partial charge on any atom is 0.333 e. The second-order valence-corrected chi connectivity index (χ2v) is 10.7. The van der Waals surface area contributed by atoms with Crippen molar-refractivity contribution in [3.63, 3.8) is 0 Å². The summed E-state index contributed by atoms with van der Waals surface area (Å²) in [6, 6.07) is 1.21. The van der Waals surface area contributed by atoms with Gasteiger partial charge in [0.05, 0.1) is 13.2 Å². The normalized spacial score (nSPS) is 24.6. The fraction of sp³-hybridized carbons (Fsp3) is 0.812. The van der Waals surface area contributed by atoms with E-state index in [1.807, 2.05) is 0 Å². The Kier molecular flexibility index (Phi) is 7.10. The van der Waals surface area contributed by atoms with Gasteiger partial charge in [0.25, 0.3) is 0 Å². The molecule has 0 spiro atoms. The molecule has 4 nitrogen and oxygen atoms in total. The van der Waals surface area contributed by atoms with Crippen molar-refractivity contribution in [3.05, 3.63) is 12.2 Å². The molecule has 0 radical (unpaired) electrons. The van der Waals surface area contributed by atoms with E-state index in [-0.39, 0.29) is 5.97 Å². The summed E-state index contributed by atoms with van der Waals surface area (Å²) in [5, 5.41) is 0. The Morgan fingerprint density at radius 3 is 2.67 bits per heavy atom. The first-order chi connectivity index (χ1) is 9.80. The largest absolute Gasteiger partial charge is 0.462 e. The predicted molar refractivity (Wildman–Crippen MR) is 86.6 cm³/mol. The van der Waals surface area contributed by atoms with Crippen LogP contribution in [0.4, 0.5) is 0 Å². The van der Waals surface area contributed by atoms with Crippen LogP contribution >= 0.6 is 0 Å². The van der Waals surface area contributed by atoms with E-state index in [1.54, 1.807) is 6.92 Å². The van der Waals surface area contributed by atoms with Crippen LogP contribution in [0.5, 0.6) is 0 Å². The number of rotatable bonds is 8. The van der Waals surface area contributed by atoms with Crippen molar-refractivity contribution in [2.24, 2.45) is 0 Å². The molecule has 1 atom stereocenters. The van der Waals surface area contributed by atoms with Gasteiger partial charge in [-0.2, -0.15) is 0 Å². The Balaban J connectivity index is 2.38. The van der Waals surface area contributed by atoms with Gasteiger partial charge in [0.15, 0.2) is 14.1 Å². The van der Waals surface area contributed by atoms with Crippen LogP contribution in [-0.4, -0.2) is 33.3 Å². The lowest BCUT2D eigenvalue weighted by Gasteiger charge is -2.44. The molecule has 122 valence electrons. The van der Waals surface area contributed by atoms with Crippen LogP contribution in [0, 0.1) is 0 Å². The molecule has 0 aromatic heterocycles. The molecule has 1 rings (SSSR count). The second-order valence-electron chi connectivity index (χ2n) is 6.49. The number of carbonyl (C=O) groups excluding carboxylic acids is 1. The van der Waals surface area contributed by atoms with E-state index in [9.17, 15) is 4.79 Å². The third kappa shape index (κ3) is 6.32. The van der Waals surface area contributed by atoms with Crippen LogP contribution in [0.15, 0.2) is 12.2 Å². The van der Waals surface area contributed by atoms with E-state index >= 15 is 0 Å². The van der Waals surface area contributed by atoms with Crippen molar-refractivity contribution in [2.45, 2.75) is 70.9 Å². The highest BCUT2D eigenvalue weighted by molar-refractivity contribution is 6.71. The van der Waals surface area contributed by atoms with Crippen LogP contribution in [-0.2, 0) is 18.7 Å². The maximum absolute atomic E-state index is 11.3. The smallest absolute Gasteiger partial charge is 0.333 e. The molecule has 0 N–H and O–H groups in total. The molecule has 1 fully saturated rings. The summed E-state index contributed by atoms with van der Waals surface area (Å²) in [7, 11) is -1.59. The van der Waals surface area contributed by atoms with Crippen molar-refractivity contribution in [2.75, 3.05) is 13.2 Å². The van der Waals surface area contributed by atoms with Crippen molar-refractivity contribution in [3.8, 4) is 0 Å². The van der Waals surface area contributed by atoms with Crippen LogP contribution in [0.2, 0.25) is 19.1 Å². The summed E-state index contributed by atoms with van der Waals surface area (Å²) >= 11 is 0. The fourth-order valence-electron chi connectivity index (χ4n) is 2.72. The Hall–Kier alpha value is -0.653. The average Bonchev–Trinajstić information content (AvgIpc) is 2.37. The molecule has 0 amide bonds. The van der Waals surface area contributed by atoms with E-state index in [0.29, 0.717) is 25.2 Å². The molecular weight excluding hydrogens is 284 g/mol. The zero-order valence-electron chi connectivity index (χ0n) is 14.0. The molecule has 1 aliphatic rings. The molecule has 0 bridgehead atoms. The Bertz CT molecular complexity index is 363. The van der Waals surface area contributed by atoms with Crippen LogP contribution in [0.3, 0.4) is 0 Å². The third-order valence-electron chi connectivity index (χ3n) is 3.67. The lowest BCUT2D eigenvalue weighted by molar-refractivity contribution is -0.206. The maximum atomic E-state index is 11.3. The van der Waals surface area contributed by atoms with Crippen molar-refractivity contribution < 1.29 is 18.7 Å². The molecule has 0 aromatic rings. The highest BCUT2D eigenvalue weighted by atomic mass is 28.4. The lowest BCUT2D eigenvalue weighted by Crippen LogP contribution is -2.50. The van der Waals surface area contributed by atoms with Gasteiger partial charge in [-0.05, 0) is 32.5 Å². The van der Waals surface area contributed by atoms with Crippen LogP contribution in [0.25, 0.3) is 0 Å². The minimum atomic E-state index is -1.59. The highest BCUT2D eigenvalue weighted by Crippen LogP contribution is 2.37. The zero-order valence-corrected chi connectivity index (χ0v) is 15.0. The molecule has 1 aliphatic heterocycles. The van der Waals surface area contributed by atoms with Gasteiger partial charge in [0, 0.05) is 24.8 Å². The number of hydrogen-bond donors (Lipinski definition) is 0. The Morgan fingerprint density at radius 1 is 1.38 bits per heavy atom. The van der Waals surface area contributed by atoms with Gasteiger partial charge < -0.3 is 13.9 Å². The van der Waals surface area contributed by atoms with Crippen molar-refractivity contribution in [1.29, 1.82) is 0 Å². The quantitative estimate of drug-likeness (QED) is 0.294. The van der Waals surface area contributed by atoms with E-state index in [2.05, 4.69) is 26.6 Å². The van der Waals surface area contributed by atoms with Gasteiger partial charge in [0.2, 0.25) is 0 Å². The Morgan fingerprint density at radius 2 is 2.10 bits per heavy atom. The molecule has 5 heteroatoms. The summed E-state index contributed by atoms with van der Waals surface area (Å²) in [6.07, 6.45) is 4.84. The van der Waals surface area contributed by atoms with Crippen molar-refractivity contribution >= 4 is 14.3 Å². The average molecular weight is 314 g/mol. The fourth-order valence-corrected chi connectivity index (χ4v) is 5.13. The lowest BCUT2D eigenvalue weighted by atomic mass is 10.1. The molecule has 1 heterocycles. The molecule has 1 unspecified atom stereocenters. The number of esters is 1. The molecule has 0 aromatic carbocycles. The summed E-state index contributed by atoms with van der Waals surface area (Å²) in [6.45, 7) is 12.8. The molecule has 1 saturated heterocycles. The second kappa shape index (κ2) is 8.10. The first-order valence-corrected chi connectivity index (χ1v) is 11.1. The monoisotopic (exact) mass is 314 g/mol. The third-order valence-corrected chi connectivity index (χ3v) is 6.15. The van der Waals surface area contributed by atoms with Gasteiger partial charge in [-0.25, -0.2) is 4.79 Å². The van der Waals surface area contributed by atoms with E-state index in [0.717, 1.165) is 19.3 Å². The number of carbonyl (C=O) groups is 1. The molecule has 0 saturated carbocycles. The van der Waals surface area contributed by atoms with Gasteiger partial charge in [-0.15, -0.1) is 0 Å². The molecule has 0 aliphatic carbocycles. The topological polar surface area (TPSA) is 44.8 Å². The Labute approximate surface area is 130 Å². The van der Waals surface area contributed by atoms with Gasteiger partial charge >= 0.3 is 5.97 Å². The zero-order chi connectivity index (χ0) is 15.9. The first-order valence-electron chi connectivity index (χ1n) is 7.97. The number of ether oxygens (including phenoxy) is 2. The van der Waals surface area contributed by atoms with Gasteiger partial charge in [0.1, 0.15) is 0 Å². The van der Waals surface area contributed by atoms with Gasteiger partial charge in [-0.3, -0.25) is 0 Å². The molecular formula is C16H30O4Si. The van der Waals surface area contributed by atoms with E-state index in [4.69, 9.17) is 13.9 Å². The predicted octanol–water partition coefficient (Wildman–Crippen LogP) is 4.02. The highest BCUT2D eigenvalue weighted by Gasteiger charge is 2.42. The molecule has 21 heavy (non-hydrogen) atoms. The van der Waals surface area contributed by atoms with Crippen LogP contribution < -0.4 is 0 Å². The van der Waals surface area contributed by atoms with E-state index in [1.165, 1.54) is 12.5 Å². The minimum Gasteiger partial charge on any atom is -0.462 e. The standard InChI is InChI=1S/C16H30O4Si/c1-6-9-16(10-7-13-21(4,5)20-16)19-12-8-11-18-15(17)14(2)3/h2,6-13H2,1,3-5H3. The first kappa shape index (κ1) is 18.4. The van der Waals surface area contributed by atoms with Crippen LogP contribution in [0.1, 0.15) is 46.0 Å². The van der Waals surface area contributed by atoms with E-state index < -0.39 is 14.1 Å². The SMILES string of the molecule is C=C(C)C(=O)OCCCOC1(CCC)CCC[Si](C)(C)O1. The summed E-state index contributed by atoms with van der Waals surface area (Å²) in [5.41, 5.74) is 0.432. The van der Waals surface area contributed by atoms with Crippen molar-refractivity contribution in [1.82, 2.24) is 0 Å².